The quantitative estimate of drug-likeness (QED) is 0.853. The van der Waals surface area contributed by atoms with Gasteiger partial charge in [-0.1, -0.05) is 0 Å². The van der Waals surface area contributed by atoms with Gasteiger partial charge in [0.2, 0.25) is 5.91 Å². The second-order valence-corrected chi connectivity index (χ2v) is 8.06. The van der Waals surface area contributed by atoms with Crippen molar-refractivity contribution >= 4 is 22.8 Å². The molecule has 0 bridgehead atoms. The smallest absolute Gasteiger partial charge is 0.223 e. The topological polar surface area (TPSA) is 78.4 Å². The average Bonchev–Trinajstić information content (AvgIpc) is 3.03. The maximum absolute atomic E-state index is 13.4. The second-order valence-electron chi connectivity index (χ2n) is 8.06. The number of hydrogen-bond acceptors (Lipinski definition) is 5. The van der Waals surface area contributed by atoms with Crippen LogP contribution < -0.4 is 10.2 Å². The number of fused-ring (bicyclic) bond motifs is 2. The summed E-state index contributed by atoms with van der Waals surface area (Å²) in [6, 6.07) is 2.26. The molecular formula is C19H20F2N4O2. The van der Waals surface area contributed by atoms with Crippen molar-refractivity contribution in [3.63, 3.8) is 0 Å². The van der Waals surface area contributed by atoms with Crippen LogP contribution in [0.25, 0.3) is 11.0 Å². The molecule has 2 saturated carbocycles. The van der Waals surface area contributed by atoms with E-state index in [0.29, 0.717) is 41.5 Å². The number of aliphatic hydroxyl groups is 1. The van der Waals surface area contributed by atoms with Crippen LogP contribution in [0.2, 0.25) is 0 Å². The number of amides is 1. The van der Waals surface area contributed by atoms with Gasteiger partial charge in [0, 0.05) is 43.1 Å². The Bertz CT molecular complexity index is 921. The van der Waals surface area contributed by atoms with Gasteiger partial charge in [0.25, 0.3) is 0 Å². The minimum absolute atomic E-state index is 0.0776. The molecule has 27 heavy (non-hydrogen) atoms. The van der Waals surface area contributed by atoms with Crippen LogP contribution in [0.5, 0.6) is 0 Å². The standard InChI is InChI=1S/C19H20F2N4O2/c20-12-4-14-15(5-13(12)21)23-16(7-22-14)25-8-10-11(9-25)18(10)24-17(26)6-19(27)2-1-3-19/h4-5,7,10-11,18,27H,1-3,6,8-9H2,(H,24,26)/t10-,11+,18?. The summed E-state index contributed by atoms with van der Waals surface area (Å²) in [4.78, 5) is 22.8. The number of nitrogens with zero attached hydrogens (tertiary/aromatic N) is 3. The van der Waals surface area contributed by atoms with Crippen molar-refractivity contribution in [2.75, 3.05) is 18.0 Å². The summed E-state index contributed by atoms with van der Waals surface area (Å²) >= 11 is 0. The normalized spacial score (nSPS) is 28.0. The summed E-state index contributed by atoms with van der Waals surface area (Å²) < 4.78 is 26.7. The molecule has 8 heteroatoms. The van der Waals surface area contributed by atoms with Gasteiger partial charge in [0.15, 0.2) is 11.6 Å². The van der Waals surface area contributed by atoms with Gasteiger partial charge in [-0.25, -0.2) is 13.8 Å². The van der Waals surface area contributed by atoms with E-state index >= 15 is 0 Å². The van der Waals surface area contributed by atoms with Crippen molar-refractivity contribution in [3.8, 4) is 0 Å². The van der Waals surface area contributed by atoms with Crippen LogP contribution in [0.3, 0.4) is 0 Å². The third-order valence-corrected chi connectivity index (χ3v) is 6.19. The Morgan fingerprint density at radius 3 is 2.52 bits per heavy atom. The SMILES string of the molecule is O=C(CC1(O)CCC1)NC1[C@H]2CN(c3cnc4cc(F)c(F)cc4n3)C[C@@H]12. The number of carbonyl (C=O) groups is 1. The molecule has 0 spiro atoms. The number of piperidine rings is 1. The molecule has 2 heterocycles. The Labute approximate surface area is 154 Å². The summed E-state index contributed by atoms with van der Waals surface area (Å²) in [5, 5.41) is 13.1. The molecule has 1 aromatic carbocycles. The number of halogens is 2. The molecule has 5 rings (SSSR count). The van der Waals surface area contributed by atoms with Gasteiger partial charge >= 0.3 is 0 Å². The zero-order valence-corrected chi connectivity index (χ0v) is 14.7. The van der Waals surface area contributed by atoms with E-state index < -0.39 is 17.2 Å². The van der Waals surface area contributed by atoms with Crippen LogP contribution in [0.15, 0.2) is 18.3 Å². The largest absolute Gasteiger partial charge is 0.389 e. The van der Waals surface area contributed by atoms with Gasteiger partial charge in [0.1, 0.15) is 5.82 Å². The Morgan fingerprint density at radius 2 is 1.89 bits per heavy atom. The highest BCUT2D eigenvalue weighted by Crippen LogP contribution is 2.47. The first-order valence-corrected chi connectivity index (χ1v) is 9.30. The fourth-order valence-electron chi connectivity index (χ4n) is 4.38. The Morgan fingerprint density at radius 1 is 1.22 bits per heavy atom. The van der Waals surface area contributed by atoms with Crippen molar-refractivity contribution < 1.29 is 18.7 Å². The molecule has 6 nitrogen and oxygen atoms in total. The highest BCUT2D eigenvalue weighted by molar-refractivity contribution is 5.78. The van der Waals surface area contributed by atoms with E-state index in [1.165, 1.54) is 0 Å². The average molecular weight is 374 g/mol. The summed E-state index contributed by atoms with van der Waals surface area (Å²) in [5.41, 5.74) is -0.151. The van der Waals surface area contributed by atoms with E-state index in [-0.39, 0.29) is 18.4 Å². The van der Waals surface area contributed by atoms with Crippen molar-refractivity contribution in [3.05, 3.63) is 30.0 Å². The molecule has 142 valence electrons. The first kappa shape index (κ1) is 16.8. The molecule has 0 radical (unpaired) electrons. The number of carbonyl (C=O) groups excluding carboxylic acids is 1. The number of nitrogens with one attached hydrogen (secondary N) is 1. The van der Waals surface area contributed by atoms with Crippen LogP contribution in [0.4, 0.5) is 14.6 Å². The fraction of sp³-hybridized carbons (Fsp3) is 0.526. The number of aromatic nitrogens is 2. The summed E-state index contributed by atoms with van der Waals surface area (Å²) in [6.07, 6.45) is 4.15. The van der Waals surface area contributed by atoms with Crippen LogP contribution in [-0.4, -0.2) is 45.7 Å². The molecule has 2 N–H and O–H groups in total. The molecule has 1 aromatic heterocycles. The number of rotatable bonds is 4. The lowest BCUT2D eigenvalue weighted by molar-refractivity contribution is -0.130. The Balaban J connectivity index is 1.21. The van der Waals surface area contributed by atoms with E-state index in [2.05, 4.69) is 20.2 Å². The summed E-state index contributed by atoms with van der Waals surface area (Å²) in [7, 11) is 0. The lowest BCUT2D eigenvalue weighted by Gasteiger charge is -2.36. The third kappa shape index (κ3) is 2.92. The first-order chi connectivity index (χ1) is 12.9. The van der Waals surface area contributed by atoms with Gasteiger partial charge in [-0.05, 0) is 19.3 Å². The minimum atomic E-state index is -0.936. The van der Waals surface area contributed by atoms with Gasteiger partial charge in [-0.15, -0.1) is 0 Å². The minimum Gasteiger partial charge on any atom is -0.389 e. The van der Waals surface area contributed by atoms with Crippen molar-refractivity contribution in [2.45, 2.75) is 37.3 Å². The molecule has 3 atom stereocenters. The molecule has 1 aliphatic heterocycles. The first-order valence-electron chi connectivity index (χ1n) is 9.30. The third-order valence-electron chi connectivity index (χ3n) is 6.19. The zero-order chi connectivity index (χ0) is 18.8. The van der Waals surface area contributed by atoms with E-state index in [9.17, 15) is 18.7 Å². The van der Waals surface area contributed by atoms with Crippen molar-refractivity contribution in [1.82, 2.24) is 15.3 Å². The number of benzene rings is 1. The van der Waals surface area contributed by atoms with Crippen LogP contribution in [0.1, 0.15) is 25.7 Å². The Kier molecular flexibility index (Phi) is 3.62. The highest BCUT2D eigenvalue weighted by atomic mass is 19.2. The molecular weight excluding hydrogens is 354 g/mol. The van der Waals surface area contributed by atoms with E-state index in [0.717, 1.165) is 31.6 Å². The van der Waals surface area contributed by atoms with Gasteiger partial charge in [0.05, 0.1) is 29.3 Å². The van der Waals surface area contributed by atoms with E-state index in [4.69, 9.17) is 0 Å². The second kappa shape index (κ2) is 5.82. The lowest BCUT2D eigenvalue weighted by Crippen LogP contribution is -2.43. The molecule has 2 aliphatic carbocycles. The van der Waals surface area contributed by atoms with E-state index in [1.807, 2.05) is 0 Å². The number of anilines is 1. The maximum atomic E-state index is 13.4. The predicted molar refractivity (Wildman–Crippen MR) is 94.0 cm³/mol. The molecule has 3 aliphatic rings. The Hall–Kier alpha value is -2.35. The van der Waals surface area contributed by atoms with E-state index in [1.54, 1.807) is 6.20 Å². The highest BCUT2D eigenvalue weighted by Gasteiger charge is 2.57. The zero-order valence-electron chi connectivity index (χ0n) is 14.7. The molecule has 3 fully saturated rings. The van der Waals surface area contributed by atoms with Crippen LogP contribution in [-0.2, 0) is 4.79 Å². The summed E-state index contributed by atoms with van der Waals surface area (Å²) in [5.74, 6) is -0.605. The van der Waals surface area contributed by atoms with Crippen molar-refractivity contribution in [2.24, 2.45) is 11.8 Å². The van der Waals surface area contributed by atoms with Gasteiger partial charge in [-0.2, -0.15) is 0 Å². The van der Waals surface area contributed by atoms with Crippen LogP contribution >= 0.6 is 0 Å². The van der Waals surface area contributed by atoms with Crippen molar-refractivity contribution in [1.29, 1.82) is 0 Å². The van der Waals surface area contributed by atoms with Gasteiger partial charge < -0.3 is 15.3 Å². The summed E-state index contributed by atoms with van der Waals surface area (Å²) in [6.45, 7) is 1.48. The number of hydrogen-bond donors (Lipinski definition) is 2. The van der Waals surface area contributed by atoms with Gasteiger partial charge in [-0.3, -0.25) is 9.78 Å². The molecule has 1 unspecified atom stereocenters. The predicted octanol–water partition coefficient (Wildman–Crippen LogP) is 1.76. The monoisotopic (exact) mass is 374 g/mol. The molecule has 2 aromatic rings. The maximum Gasteiger partial charge on any atom is 0.223 e. The lowest BCUT2D eigenvalue weighted by atomic mass is 9.78. The fourth-order valence-corrected chi connectivity index (χ4v) is 4.38. The molecule has 1 saturated heterocycles. The van der Waals surface area contributed by atoms with Crippen LogP contribution in [0, 0.1) is 23.5 Å². The molecule has 1 amide bonds.